The molecular weight excluding hydrogens is 617 g/mol. The van der Waals surface area contributed by atoms with E-state index in [2.05, 4.69) is 179 Å². The minimum Gasteiger partial charge on any atom is -0.313 e. The van der Waals surface area contributed by atoms with Crippen molar-refractivity contribution >= 4 is 38.8 Å². The zero-order valence-electron chi connectivity index (χ0n) is 28.0. The van der Waals surface area contributed by atoms with Crippen molar-refractivity contribution in [3.05, 3.63) is 197 Å². The summed E-state index contributed by atoms with van der Waals surface area (Å²) in [4.78, 5) is 0. The Labute approximate surface area is 296 Å². The molecule has 0 N–H and O–H groups in total. The maximum absolute atomic E-state index is 2.53. The monoisotopic (exact) mass is 648 g/mol. The highest BCUT2D eigenvalue weighted by molar-refractivity contribution is 6.09. The van der Waals surface area contributed by atoms with E-state index in [-0.39, 0.29) is 0 Å². The van der Waals surface area contributed by atoms with E-state index in [1.807, 2.05) is 0 Å². The first-order valence-electron chi connectivity index (χ1n) is 18.1. The summed E-state index contributed by atoms with van der Waals surface area (Å²) in [5.41, 5.74) is 19.3. The molecule has 7 aromatic carbocycles. The Bertz CT molecular complexity index is 2880. The molecule has 1 spiro atoms. The van der Waals surface area contributed by atoms with Crippen molar-refractivity contribution in [2.24, 2.45) is 0 Å². The number of aromatic nitrogens is 2. The summed E-state index contributed by atoms with van der Waals surface area (Å²) in [7, 11) is 0. The molecule has 0 saturated heterocycles. The second kappa shape index (κ2) is 9.87. The van der Waals surface area contributed by atoms with Crippen LogP contribution in [0, 0.1) is 0 Å². The number of nitrogens with zero attached hydrogens (tertiary/aromatic N) is 2. The topological polar surface area (TPSA) is 9.86 Å². The van der Waals surface area contributed by atoms with Gasteiger partial charge in [0.1, 0.15) is 0 Å². The van der Waals surface area contributed by atoms with Gasteiger partial charge >= 0.3 is 0 Å². The van der Waals surface area contributed by atoms with Gasteiger partial charge in [-0.2, -0.15) is 0 Å². The molecule has 0 saturated carbocycles. The Balaban J connectivity index is 1.19. The predicted octanol–water partition coefficient (Wildman–Crippen LogP) is 12.0. The zero-order chi connectivity index (χ0) is 33.3. The van der Waals surface area contributed by atoms with Crippen LogP contribution in [0.15, 0.2) is 164 Å². The Morgan fingerprint density at radius 2 is 0.882 bits per heavy atom. The van der Waals surface area contributed by atoms with Crippen LogP contribution in [-0.4, -0.2) is 9.13 Å². The lowest BCUT2D eigenvalue weighted by Gasteiger charge is -2.30. The van der Waals surface area contributed by atoms with Gasteiger partial charge in [0.2, 0.25) is 0 Å². The summed E-state index contributed by atoms with van der Waals surface area (Å²) in [6.45, 7) is 0. The zero-order valence-corrected chi connectivity index (χ0v) is 28.0. The van der Waals surface area contributed by atoms with Gasteiger partial charge < -0.3 is 9.13 Å². The van der Waals surface area contributed by atoms with E-state index < -0.39 is 5.41 Å². The molecule has 9 aromatic rings. The van der Waals surface area contributed by atoms with Crippen LogP contribution < -0.4 is 0 Å². The van der Waals surface area contributed by atoms with Gasteiger partial charge in [-0.3, -0.25) is 0 Å². The van der Waals surface area contributed by atoms with E-state index in [1.165, 1.54) is 99.8 Å². The van der Waals surface area contributed by atoms with Gasteiger partial charge in [0.05, 0.1) is 22.0 Å². The number of para-hydroxylation sites is 3. The molecule has 12 rings (SSSR count). The number of fused-ring (bicyclic) bond motifs is 16. The van der Waals surface area contributed by atoms with Crippen molar-refractivity contribution in [2.45, 2.75) is 18.3 Å². The first-order valence-corrected chi connectivity index (χ1v) is 18.1. The summed E-state index contributed by atoms with van der Waals surface area (Å²) >= 11 is 0. The molecule has 51 heavy (non-hydrogen) atoms. The Morgan fingerprint density at radius 1 is 0.412 bits per heavy atom. The smallest absolute Gasteiger partial charge is 0.0725 e. The fourth-order valence-corrected chi connectivity index (χ4v) is 10.1. The van der Waals surface area contributed by atoms with E-state index >= 15 is 0 Å². The lowest BCUT2D eigenvalue weighted by atomic mass is 9.70. The molecule has 0 radical (unpaired) electrons. The minimum atomic E-state index is -0.392. The highest BCUT2D eigenvalue weighted by Crippen LogP contribution is 2.63. The molecule has 2 heterocycles. The van der Waals surface area contributed by atoms with Gasteiger partial charge in [-0.15, -0.1) is 0 Å². The van der Waals surface area contributed by atoms with E-state index in [0.717, 1.165) is 12.8 Å². The van der Waals surface area contributed by atoms with Crippen molar-refractivity contribution in [2.75, 3.05) is 0 Å². The van der Waals surface area contributed by atoms with Crippen molar-refractivity contribution in [1.82, 2.24) is 9.13 Å². The summed E-state index contributed by atoms with van der Waals surface area (Å²) in [6.07, 6.45) is 6.76. The largest absolute Gasteiger partial charge is 0.313 e. The lowest BCUT2D eigenvalue weighted by Crippen LogP contribution is -2.25. The maximum Gasteiger partial charge on any atom is 0.0725 e. The Hall–Kier alpha value is -6.38. The molecule has 2 heteroatoms. The van der Waals surface area contributed by atoms with Crippen LogP contribution in [0.4, 0.5) is 0 Å². The second-order valence-electron chi connectivity index (χ2n) is 14.3. The van der Waals surface area contributed by atoms with Crippen LogP contribution in [0.3, 0.4) is 0 Å². The molecule has 3 aliphatic rings. The summed E-state index contributed by atoms with van der Waals surface area (Å²) in [5.74, 6) is 0. The first-order chi connectivity index (χ1) is 25.3. The van der Waals surface area contributed by atoms with Crippen LogP contribution in [-0.2, 0) is 11.8 Å². The van der Waals surface area contributed by atoms with E-state index in [1.54, 1.807) is 0 Å². The third-order valence-corrected chi connectivity index (χ3v) is 12.0. The summed E-state index contributed by atoms with van der Waals surface area (Å²) in [5, 5.41) is 3.89. The molecule has 0 aliphatic heterocycles. The van der Waals surface area contributed by atoms with Gasteiger partial charge in [0.15, 0.2) is 0 Å². The average Bonchev–Trinajstić information content (AvgIpc) is 3.90. The van der Waals surface area contributed by atoms with Crippen molar-refractivity contribution < 1.29 is 0 Å². The molecule has 238 valence electrons. The fourth-order valence-electron chi connectivity index (χ4n) is 10.1. The number of hydrogen-bond acceptors (Lipinski definition) is 0. The molecule has 0 unspecified atom stereocenters. The van der Waals surface area contributed by atoms with E-state index in [0.29, 0.717) is 0 Å². The third-order valence-electron chi connectivity index (χ3n) is 12.0. The van der Waals surface area contributed by atoms with E-state index in [9.17, 15) is 0 Å². The highest BCUT2D eigenvalue weighted by Gasteiger charge is 2.51. The van der Waals surface area contributed by atoms with Crippen LogP contribution >= 0.6 is 0 Å². The Morgan fingerprint density at radius 3 is 1.49 bits per heavy atom. The van der Waals surface area contributed by atoms with Crippen LogP contribution in [0.2, 0.25) is 0 Å². The normalized spacial score (nSPS) is 14.6. The molecule has 3 aliphatic carbocycles. The standard InChI is InChI=1S/C49H32N2/c1-7-19-41-33(13-1)34-14-2-8-20-42(34)49(41)43-27-25-31(50-45-21-9-3-15-35(45)36-16-4-10-22-46(36)50)29-39(43)40-30-32(26-28-44(40)49)51-47-23-11-5-17-37(47)38-18-6-12-24-48(38)51/h1-11,13-23,25-30H,12,24H2. The van der Waals surface area contributed by atoms with Crippen molar-refractivity contribution in [3.8, 4) is 33.6 Å². The number of hydrogen-bond donors (Lipinski definition) is 0. The summed E-state index contributed by atoms with van der Waals surface area (Å²) < 4.78 is 4.99. The van der Waals surface area contributed by atoms with Gasteiger partial charge in [0.25, 0.3) is 0 Å². The molecule has 0 atom stereocenters. The van der Waals surface area contributed by atoms with E-state index in [4.69, 9.17) is 0 Å². The highest BCUT2D eigenvalue weighted by atomic mass is 15.0. The quantitative estimate of drug-likeness (QED) is 0.177. The lowest BCUT2D eigenvalue weighted by molar-refractivity contribution is 0.792. The van der Waals surface area contributed by atoms with Crippen LogP contribution in [0.5, 0.6) is 0 Å². The van der Waals surface area contributed by atoms with Gasteiger partial charge in [-0.1, -0.05) is 127 Å². The second-order valence-corrected chi connectivity index (χ2v) is 14.3. The van der Waals surface area contributed by atoms with Crippen LogP contribution in [0.25, 0.3) is 72.4 Å². The molecule has 0 fully saturated rings. The molecule has 0 bridgehead atoms. The number of benzene rings is 7. The first kappa shape index (κ1) is 27.4. The van der Waals surface area contributed by atoms with Gasteiger partial charge in [-0.25, -0.2) is 0 Å². The maximum atomic E-state index is 2.53. The minimum absolute atomic E-state index is 0.392. The third kappa shape index (κ3) is 3.38. The Kier molecular flexibility index (Phi) is 5.31. The van der Waals surface area contributed by atoms with Gasteiger partial charge in [0, 0.05) is 38.8 Å². The van der Waals surface area contributed by atoms with Crippen molar-refractivity contribution in [1.29, 1.82) is 0 Å². The molecule has 0 amide bonds. The van der Waals surface area contributed by atoms with Crippen molar-refractivity contribution in [3.63, 3.8) is 0 Å². The SMILES string of the molecule is C1=Cc2c(n(-c3ccc4c(c3)-c3cc(-n5c6ccccc6c6ccccc65)ccc3C43c4ccccc4-c4ccccc43)c3ccccc23)CC1. The van der Waals surface area contributed by atoms with Crippen LogP contribution in [0.1, 0.15) is 39.9 Å². The summed E-state index contributed by atoms with van der Waals surface area (Å²) in [6, 6.07) is 59.3. The molecule has 2 aromatic heterocycles. The number of allylic oxidation sites excluding steroid dienone is 1. The van der Waals surface area contributed by atoms with Gasteiger partial charge in [-0.05, 0) is 99.8 Å². The average molecular weight is 649 g/mol. The molecular formula is C49H32N2. The predicted molar refractivity (Wildman–Crippen MR) is 211 cm³/mol. The molecule has 2 nitrogen and oxygen atoms in total. The number of rotatable bonds is 2. The fraction of sp³-hybridized carbons (Fsp3) is 0.0612.